The molecule has 0 aromatic heterocycles. The summed E-state index contributed by atoms with van der Waals surface area (Å²) in [4.78, 5) is 4.24. The first-order chi connectivity index (χ1) is 15.3. The number of benzene rings is 2. The van der Waals surface area contributed by atoms with Crippen LogP contribution in [0.25, 0.3) is 0 Å². The molecule has 0 saturated carbocycles. The molecule has 1 aliphatic rings. The number of anilines is 1. The number of piperazine rings is 1. The van der Waals surface area contributed by atoms with Gasteiger partial charge >= 0.3 is 12.4 Å². The number of aliphatic hydroxyl groups excluding tert-OH is 1. The Hall–Kier alpha value is -2.46. The summed E-state index contributed by atoms with van der Waals surface area (Å²) in [5.74, 6) is -0.587. The summed E-state index contributed by atoms with van der Waals surface area (Å²) in [5, 5.41) is 10.3. The van der Waals surface area contributed by atoms with Crippen LogP contribution in [-0.2, 0) is 12.4 Å². The average Bonchev–Trinajstić information content (AvgIpc) is 2.73. The number of β-amino-alcohol motifs (C(OH)–C–C–N with tert-alkyl or cyclic N) is 1. The number of alkyl halides is 6. The standard InChI is InChI=1S/C23H26F6N2O2/c1-15-4-3-5-21(16(15)2)31-8-6-30(7-9-31)13-19(32)14-33-20-11-17(22(24,25)26)10-18(12-20)23(27,28)29/h3-5,10-12,19,32H,6-9,13-14H2,1-2H3/t19-/m0/s1. The lowest BCUT2D eigenvalue weighted by molar-refractivity contribution is -0.143. The second-order valence-corrected chi connectivity index (χ2v) is 8.21. The zero-order valence-corrected chi connectivity index (χ0v) is 18.3. The van der Waals surface area contributed by atoms with Crippen molar-refractivity contribution in [1.82, 2.24) is 4.90 Å². The number of aliphatic hydroxyl groups is 1. The van der Waals surface area contributed by atoms with Crippen LogP contribution in [0.5, 0.6) is 5.75 Å². The molecule has 0 spiro atoms. The van der Waals surface area contributed by atoms with Crippen LogP contribution in [0.15, 0.2) is 36.4 Å². The van der Waals surface area contributed by atoms with Crippen LogP contribution >= 0.6 is 0 Å². The van der Waals surface area contributed by atoms with E-state index in [0.717, 1.165) is 18.8 Å². The highest BCUT2D eigenvalue weighted by atomic mass is 19.4. The van der Waals surface area contributed by atoms with Crippen LogP contribution in [0.2, 0.25) is 0 Å². The van der Waals surface area contributed by atoms with Crippen LogP contribution in [-0.4, -0.2) is 55.4 Å². The molecule has 33 heavy (non-hydrogen) atoms. The molecule has 1 aliphatic heterocycles. The van der Waals surface area contributed by atoms with Crippen molar-refractivity contribution in [2.24, 2.45) is 0 Å². The summed E-state index contributed by atoms with van der Waals surface area (Å²) in [5.41, 5.74) is 0.654. The van der Waals surface area contributed by atoms with E-state index in [4.69, 9.17) is 4.74 Å². The maximum absolute atomic E-state index is 13.0. The van der Waals surface area contributed by atoms with Crippen molar-refractivity contribution in [3.63, 3.8) is 0 Å². The van der Waals surface area contributed by atoms with Gasteiger partial charge in [0.2, 0.25) is 0 Å². The number of hydrogen-bond acceptors (Lipinski definition) is 4. The first-order valence-corrected chi connectivity index (χ1v) is 10.5. The fourth-order valence-corrected chi connectivity index (χ4v) is 3.80. The van der Waals surface area contributed by atoms with Gasteiger partial charge in [-0.05, 0) is 49.2 Å². The first kappa shape index (κ1) is 25.2. The van der Waals surface area contributed by atoms with E-state index < -0.39 is 41.9 Å². The Morgan fingerprint density at radius 1 is 0.909 bits per heavy atom. The number of nitrogens with zero attached hydrogens (tertiary/aromatic N) is 2. The Morgan fingerprint density at radius 3 is 2.03 bits per heavy atom. The number of hydrogen-bond donors (Lipinski definition) is 1. The molecule has 1 heterocycles. The Bertz CT molecular complexity index is 921. The number of ether oxygens (including phenoxy) is 1. The van der Waals surface area contributed by atoms with Gasteiger partial charge in [-0.2, -0.15) is 26.3 Å². The van der Waals surface area contributed by atoms with Crippen molar-refractivity contribution < 1.29 is 36.2 Å². The number of aryl methyl sites for hydroxylation is 1. The van der Waals surface area contributed by atoms with E-state index in [-0.39, 0.29) is 12.6 Å². The minimum Gasteiger partial charge on any atom is -0.491 e. The molecule has 0 unspecified atom stereocenters. The molecule has 0 aliphatic carbocycles. The third-order valence-electron chi connectivity index (χ3n) is 5.76. The summed E-state index contributed by atoms with van der Waals surface area (Å²) in [7, 11) is 0. The van der Waals surface area contributed by atoms with Gasteiger partial charge in [0.15, 0.2) is 0 Å². The zero-order chi connectivity index (χ0) is 24.4. The van der Waals surface area contributed by atoms with Crippen molar-refractivity contribution in [2.45, 2.75) is 32.3 Å². The van der Waals surface area contributed by atoms with Crippen LogP contribution in [0.1, 0.15) is 22.3 Å². The average molecular weight is 476 g/mol. The van der Waals surface area contributed by atoms with Gasteiger partial charge in [-0.25, -0.2) is 0 Å². The quantitative estimate of drug-likeness (QED) is 0.602. The molecule has 10 heteroatoms. The van der Waals surface area contributed by atoms with Gasteiger partial charge in [0, 0.05) is 38.4 Å². The maximum atomic E-state index is 13.0. The smallest absolute Gasteiger partial charge is 0.416 e. The Balaban J connectivity index is 1.56. The first-order valence-electron chi connectivity index (χ1n) is 10.5. The van der Waals surface area contributed by atoms with E-state index in [1.165, 1.54) is 11.1 Å². The van der Waals surface area contributed by atoms with Gasteiger partial charge in [-0.1, -0.05) is 12.1 Å². The fraction of sp³-hybridized carbons (Fsp3) is 0.478. The van der Waals surface area contributed by atoms with Gasteiger partial charge in [-0.15, -0.1) is 0 Å². The highest BCUT2D eigenvalue weighted by Crippen LogP contribution is 2.38. The van der Waals surface area contributed by atoms with Crippen molar-refractivity contribution >= 4 is 5.69 Å². The predicted molar refractivity (Wildman–Crippen MR) is 113 cm³/mol. The largest absolute Gasteiger partial charge is 0.491 e. The van der Waals surface area contributed by atoms with E-state index in [9.17, 15) is 31.4 Å². The van der Waals surface area contributed by atoms with E-state index in [1.807, 2.05) is 24.0 Å². The van der Waals surface area contributed by atoms with E-state index >= 15 is 0 Å². The molecule has 1 fully saturated rings. The lowest BCUT2D eigenvalue weighted by Gasteiger charge is -2.37. The Labute approximate surface area is 188 Å². The number of rotatable bonds is 6. The molecule has 4 nitrogen and oxygen atoms in total. The van der Waals surface area contributed by atoms with E-state index in [2.05, 4.69) is 17.9 Å². The third-order valence-corrected chi connectivity index (χ3v) is 5.76. The van der Waals surface area contributed by atoms with Gasteiger partial charge in [-0.3, -0.25) is 4.90 Å². The van der Waals surface area contributed by atoms with Gasteiger partial charge < -0.3 is 14.7 Å². The molecule has 182 valence electrons. The third kappa shape index (κ3) is 6.54. The van der Waals surface area contributed by atoms with Crippen molar-refractivity contribution in [2.75, 3.05) is 44.2 Å². The Morgan fingerprint density at radius 2 is 1.48 bits per heavy atom. The molecule has 0 amide bonds. The van der Waals surface area contributed by atoms with Crippen LogP contribution < -0.4 is 9.64 Å². The van der Waals surface area contributed by atoms with Crippen LogP contribution in [0.3, 0.4) is 0 Å². The van der Waals surface area contributed by atoms with Crippen LogP contribution in [0.4, 0.5) is 32.0 Å². The summed E-state index contributed by atoms with van der Waals surface area (Å²) in [6.07, 6.45) is -11.0. The minimum absolute atomic E-state index is 0.0404. The highest BCUT2D eigenvalue weighted by molar-refractivity contribution is 5.56. The second-order valence-electron chi connectivity index (χ2n) is 8.21. The summed E-state index contributed by atoms with van der Waals surface area (Å²) < 4.78 is 82.9. The molecule has 1 N–H and O–H groups in total. The molecule has 1 saturated heterocycles. The fourth-order valence-electron chi connectivity index (χ4n) is 3.80. The van der Waals surface area contributed by atoms with E-state index in [0.29, 0.717) is 25.2 Å². The lowest BCUT2D eigenvalue weighted by atomic mass is 10.1. The second kappa shape index (κ2) is 9.80. The molecule has 1 atom stereocenters. The van der Waals surface area contributed by atoms with Gasteiger partial charge in [0.25, 0.3) is 0 Å². The van der Waals surface area contributed by atoms with Crippen molar-refractivity contribution in [3.8, 4) is 5.75 Å². The summed E-state index contributed by atoms with van der Waals surface area (Å²) in [6, 6.07) is 7.16. The van der Waals surface area contributed by atoms with E-state index in [1.54, 1.807) is 0 Å². The molecule has 2 aromatic carbocycles. The predicted octanol–water partition coefficient (Wildman–Crippen LogP) is 4.90. The molecule has 0 bridgehead atoms. The number of halogens is 6. The monoisotopic (exact) mass is 476 g/mol. The van der Waals surface area contributed by atoms with Gasteiger partial charge in [0.05, 0.1) is 11.1 Å². The SMILES string of the molecule is Cc1cccc(N2CCN(C[C@H](O)COc3cc(C(F)(F)F)cc(C(F)(F)F)c3)CC2)c1C. The summed E-state index contributed by atoms with van der Waals surface area (Å²) in [6.45, 7) is 6.69. The van der Waals surface area contributed by atoms with Gasteiger partial charge in [0.1, 0.15) is 18.5 Å². The molecular weight excluding hydrogens is 450 g/mol. The lowest BCUT2D eigenvalue weighted by Crippen LogP contribution is -2.49. The minimum atomic E-state index is -4.95. The summed E-state index contributed by atoms with van der Waals surface area (Å²) >= 11 is 0. The zero-order valence-electron chi connectivity index (χ0n) is 18.3. The molecule has 0 radical (unpaired) electrons. The molecule has 2 aromatic rings. The van der Waals surface area contributed by atoms with Crippen molar-refractivity contribution in [1.29, 1.82) is 0 Å². The molecular formula is C23H26F6N2O2. The maximum Gasteiger partial charge on any atom is 0.416 e. The Kier molecular flexibility index (Phi) is 7.48. The van der Waals surface area contributed by atoms with Crippen molar-refractivity contribution in [3.05, 3.63) is 58.7 Å². The normalized spacial score (nSPS) is 16.7. The van der Waals surface area contributed by atoms with Crippen LogP contribution in [0, 0.1) is 13.8 Å². The molecule has 3 rings (SSSR count). The highest BCUT2D eigenvalue weighted by Gasteiger charge is 2.37. The topological polar surface area (TPSA) is 35.9 Å².